The number of carbonyl (C=O) groups is 1. The van der Waals surface area contributed by atoms with Gasteiger partial charge in [-0.1, -0.05) is 29.3 Å². The molecule has 1 aromatic heterocycles. The van der Waals surface area contributed by atoms with Crippen LogP contribution in [0.25, 0.3) is 0 Å². The van der Waals surface area contributed by atoms with Gasteiger partial charge in [0.05, 0.1) is 23.1 Å². The topological polar surface area (TPSA) is 54.5 Å². The zero-order chi connectivity index (χ0) is 15.5. The molecular formula is C15H13Cl2N3O2. The van der Waals surface area contributed by atoms with E-state index in [1.165, 1.54) is 0 Å². The van der Waals surface area contributed by atoms with Crippen molar-refractivity contribution >= 4 is 34.9 Å². The zero-order valence-electron chi connectivity index (χ0n) is 11.5. The van der Waals surface area contributed by atoms with Gasteiger partial charge in [0.2, 0.25) is 5.88 Å². The third kappa shape index (κ3) is 3.43. The number of aromatic nitrogens is 1. The van der Waals surface area contributed by atoms with Crippen LogP contribution < -0.4 is 10.1 Å². The lowest BCUT2D eigenvalue weighted by Gasteiger charge is -2.38. The van der Waals surface area contributed by atoms with E-state index in [1.54, 1.807) is 35.4 Å². The van der Waals surface area contributed by atoms with E-state index < -0.39 is 0 Å². The summed E-state index contributed by atoms with van der Waals surface area (Å²) in [4.78, 5) is 17.8. The fourth-order valence-corrected chi connectivity index (χ4v) is 2.34. The number of halogens is 2. The maximum atomic E-state index is 12.1. The molecule has 2 amide bonds. The second-order valence-corrected chi connectivity index (χ2v) is 5.69. The Morgan fingerprint density at radius 3 is 2.73 bits per heavy atom. The van der Waals surface area contributed by atoms with Gasteiger partial charge in [-0.3, -0.25) is 0 Å². The van der Waals surface area contributed by atoms with Crippen LogP contribution in [0.1, 0.15) is 0 Å². The molecule has 0 bridgehead atoms. The smallest absolute Gasteiger partial charge is 0.322 e. The molecule has 0 saturated carbocycles. The lowest BCUT2D eigenvalue weighted by Crippen LogP contribution is -2.57. The van der Waals surface area contributed by atoms with Crippen LogP contribution in [-0.2, 0) is 0 Å². The number of anilines is 1. The van der Waals surface area contributed by atoms with Gasteiger partial charge in [0.25, 0.3) is 0 Å². The molecular weight excluding hydrogens is 325 g/mol. The molecule has 0 spiro atoms. The Kier molecular flexibility index (Phi) is 4.36. The normalized spacial score (nSPS) is 14.4. The van der Waals surface area contributed by atoms with Crippen LogP contribution >= 0.6 is 23.2 Å². The number of amides is 2. The van der Waals surface area contributed by atoms with E-state index in [4.69, 9.17) is 27.9 Å². The molecule has 5 nitrogen and oxygen atoms in total. The summed E-state index contributed by atoms with van der Waals surface area (Å²) < 4.78 is 5.64. The fourth-order valence-electron chi connectivity index (χ4n) is 2.04. The Morgan fingerprint density at radius 2 is 2.05 bits per heavy atom. The van der Waals surface area contributed by atoms with Gasteiger partial charge in [-0.2, -0.15) is 0 Å². The first-order chi connectivity index (χ1) is 10.6. The van der Waals surface area contributed by atoms with Crippen molar-refractivity contribution in [1.29, 1.82) is 0 Å². The minimum absolute atomic E-state index is 0.0329. The summed E-state index contributed by atoms with van der Waals surface area (Å²) in [5.41, 5.74) is 0.605. The van der Waals surface area contributed by atoms with E-state index >= 15 is 0 Å². The number of ether oxygens (including phenoxy) is 1. The Labute approximate surface area is 137 Å². The molecule has 22 heavy (non-hydrogen) atoms. The molecule has 0 unspecified atom stereocenters. The number of likely N-dealkylation sites (tertiary alicyclic amines) is 1. The summed E-state index contributed by atoms with van der Waals surface area (Å²) in [5.74, 6) is 0.567. The molecule has 1 aliphatic rings. The highest BCUT2D eigenvalue weighted by atomic mass is 35.5. The highest BCUT2D eigenvalue weighted by Crippen LogP contribution is 2.25. The van der Waals surface area contributed by atoms with Crippen LogP contribution in [0.4, 0.5) is 10.5 Å². The second-order valence-electron chi connectivity index (χ2n) is 4.87. The molecule has 114 valence electrons. The number of urea groups is 1. The predicted molar refractivity (Wildman–Crippen MR) is 85.7 cm³/mol. The quantitative estimate of drug-likeness (QED) is 0.929. The maximum absolute atomic E-state index is 12.1. The number of rotatable bonds is 3. The Bertz CT molecular complexity index is 676. The molecule has 7 heteroatoms. The first kappa shape index (κ1) is 14.9. The highest BCUT2D eigenvalue weighted by molar-refractivity contribution is 6.42. The first-order valence-corrected chi connectivity index (χ1v) is 7.46. The van der Waals surface area contributed by atoms with E-state index in [1.807, 2.05) is 12.1 Å². The van der Waals surface area contributed by atoms with Crippen LogP contribution in [0.15, 0.2) is 42.6 Å². The molecule has 2 aromatic rings. The number of carbonyl (C=O) groups excluding carboxylic acids is 1. The van der Waals surface area contributed by atoms with Crippen molar-refractivity contribution in [2.45, 2.75) is 6.10 Å². The summed E-state index contributed by atoms with van der Waals surface area (Å²) in [6, 6.07) is 10.2. The Hall–Kier alpha value is -1.98. The van der Waals surface area contributed by atoms with Gasteiger partial charge in [0, 0.05) is 18.0 Å². The van der Waals surface area contributed by atoms with Crippen molar-refractivity contribution in [2.75, 3.05) is 18.4 Å². The van der Waals surface area contributed by atoms with Crippen LogP contribution in [0.5, 0.6) is 5.88 Å². The van der Waals surface area contributed by atoms with Crippen molar-refractivity contribution in [3.8, 4) is 5.88 Å². The van der Waals surface area contributed by atoms with Crippen LogP contribution in [-0.4, -0.2) is 35.1 Å². The number of nitrogens with zero attached hydrogens (tertiary/aromatic N) is 2. The standard InChI is InChI=1S/C15H13Cl2N3O2/c16-12-5-4-10(7-13(12)17)19-15(21)20-8-11(9-20)22-14-3-1-2-6-18-14/h1-7,11H,8-9H2,(H,19,21). The van der Waals surface area contributed by atoms with Crippen LogP contribution in [0.2, 0.25) is 10.0 Å². The largest absolute Gasteiger partial charge is 0.471 e. The number of benzene rings is 1. The van der Waals surface area contributed by atoms with Gasteiger partial charge in [-0.25, -0.2) is 9.78 Å². The van der Waals surface area contributed by atoms with E-state index in [0.29, 0.717) is 34.7 Å². The van der Waals surface area contributed by atoms with E-state index in [2.05, 4.69) is 10.3 Å². The number of nitrogens with one attached hydrogen (secondary N) is 1. The molecule has 0 radical (unpaired) electrons. The average molecular weight is 338 g/mol. The third-order valence-corrected chi connectivity index (χ3v) is 3.97. The summed E-state index contributed by atoms with van der Waals surface area (Å²) >= 11 is 11.8. The van der Waals surface area contributed by atoms with Crippen LogP contribution in [0.3, 0.4) is 0 Å². The molecule has 0 aliphatic carbocycles. The second kappa shape index (κ2) is 6.42. The summed E-state index contributed by atoms with van der Waals surface area (Å²) in [6.45, 7) is 1.04. The lowest BCUT2D eigenvalue weighted by atomic mass is 10.2. The molecule has 3 rings (SSSR count). The Morgan fingerprint density at radius 1 is 1.23 bits per heavy atom. The Balaban J connectivity index is 1.50. The zero-order valence-corrected chi connectivity index (χ0v) is 13.0. The van der Waals surface area contributed by atoms with Gasteiger partial charge in [-0.15, -0.1) is 0 Å². The lowest BCUT2D eigenvalue weighted by molar-refractivity contribution is 0.0461. The molecule has 1 fully saturated rings. The molecule has 1 saturated heterocycles. The summed E-state index contributed by atoms with van der Waals surface area (Å²) in [7, 11) is 0. The van der Waals surface area contributed by atoms with E-state index in [0.717, 1.165) is 0 Å². The summed E-state index contributed by atoms with van der Waals surface area (Å²) in [6.07, 6.45) is 1.64. The maximum Gasteiger partial charge on any atom is 0.322 e. The highest BCUT2D eigenvalue weighted by Gasteiger charge is 2.32. The van der Waals surface area contributed by atoms with Crippen molar-refractivity contribution in [2.24, 2.45) is 0 Å². The predicted octanol–water partition coefficient (Wildman–Crippen LogP) is 3.68. The van der Waals surface area contributed by atoms with Crippen molar-refractivity contribution in [1.82, 2.24) is 9.88 Å². The minimum Gasteiger partial charge on any atom is -0.471 e. The molecule has 2 heterocycles. The van der Waals surface area contributed by atoms with Gasteiger partial charge in [0.1, 0.15) is 6.10 Å². The molecule has 1 aromatic carbocycles. The molecule has 1 aliphatic heterocycles. The van der Waals surface area contributed by atoms with E-state index in [-0.39, 0.29) is 12.1 Å². The van der Waals surface area contributed by atoms with Gasteiger partial charge >= 0.3 is 6.03 Å². The van der Waals surface area contributed by atoms with E-state index in [9.17, 15) is 4.79 Å². The van der Waals surface area contributed by atoms with Crippen molar-refractivity contribution in [3.05, 3.63) is 52.6 Å². The molecule has 0 atom stereocenters. The van der Waals surface area contributed by atoms with Crippen molar-refractivity contribution < 1.29 is 9.53 Å². The summed E-state index contributed by atoms with van der Waals surface area (Å²) in [5, 5.41) is 3.62. The SMILES string of the molecule is O=C(Nc1ccc(Cl)c(Cl)c1)N1CC(Oc2ccccn2)C1. The fraction of sp³-hybridized carbons (Fsp3) is 0.200. The number of hydrogen-bond acceptors (Lipinski definition) is 3. The van der Waals surface area contributed by atoms with Crippen LogP contribution in [0, 0.1) is 0 Å². The van der Waals surface area contributed by atoms with Gasteiger partial charge in [0.15, 0.2) is 0 Å². The van der Waals surface area contributed by atoms with Crippen molar-refractivity contribution in [3.63, 3.8) is 0 Å². The van der Waals surface area contributed by atoms with Gasteiger partial charge < -0.3 is 15.0 Å². The third-order valence-electron chi connectivity index (χ3n) is 3.23. The first-order valence-electron chi connectivity index (χ1n) is 6.70. The van der Waals surface area contributed by atoms with Gasteiger partial charge in [-0.05, 0) is 24.3 Å². The molecule has 1 N–H and O–H groups in total. The minimum atomic E-state index is -0.195. The average Bonchev–Trinajstić information content (AvgIpc) is 2.47. The number of hydrogen-bond donors (Lipinski definition) is 1. The number of pyridine rings is 1. The monoisotopic (exact) mass is 337 g/mol.